The summed E-state index contributed by atoms with van der Waals surface area (Å²) >= 11 is 5.88. The number of rotatable bonds is 5. The van der Waals surface area contributed by atoms with E-state index in [4.69, 9.17) is 17.3 Å². The Bertz CT molecular complexity index is 513. The number of benzene rings is 1. The van der Waals surface area contributed by atoms with Gasteiger partial charge in [-0.05, 0) is 24.3 Å². The number of nitrogens with two attached hydrogens (primary N) is 1. The van der Waals surface area contributed by atoms with Crippen molar-refractivity contribution in [2.75, 3.05) is 44.2 Å². The van der Waals surface area contributed by atoms with E-state index < -0.39 is 0 Å². The second kappa shape index (κ2) is 8.00. The molecule has 1 aliphatic rings. The molecule has 0 spiro atoms. The van der Waals surface area contributed by atoms with Gasteiger partial charge in [0.05, 0.1) is 6.54 Å². The van der Waals surface area contributed by atoms with Gasteiger partial charge in [-0.25, -0.2) is 0 Å². The van der Waals surface area contributed by atoms with Crippen LogP contribution >= 0.6 is 11.6 Å². The van der Waals surface area contributed by atoms with Gasteiger partial charge in [0.1, 0.15) is 0 Å². The predicted molar refractivity (Wildman–Crippen MR) is 86.9 cm³/mol. The Balaban J connectivity index is 1.78. The highest BCUT2D eigenvalue weighted by molar-refractivity contribution is 6.30. The van der Waals surface area contributed by atoms with Gasteiger partial charge in [-0.15, -0.1) is 0 Å². The molecule has 0 aromatic heterocycles. The van der Waals surface area contributed by atoms with Crippen molar-refractivity contribution in [1.82, 2.24) is 10.2 Å². The maximum atomic E-state index is 12.0. The third kappa shape index (κ3) is 4.61. The van der Waals surface area contributed by atoms with Crippen LogP contribution in [0.5, 0.6) is 0 Å². The van der Waals surface area contributed by atoms with Gasteiger partial charge in [-0.3, -0.25) is 9.59 Å². The molecule has 1 aromatic carbocycles. The van der Waals surface area contributed by atoms with Crippen molar-refractivity contribution in [3.63, 3.8) is 0 Å². The number of carbonyl (C=O) groups excluding carboxylic acids is 2. The molecule has 6 nitrogen and oxygen atoms in total. The van der Waals surface area contributed by atoms with Crippen molar-refractivity contribution >= 4 is 29.1 Å². The van der Waals surface area contributed by atoms with E-state index in [1.807, 2.05) is 24.3 Å². The van der Waals surface area contributed by atoms with Crippen LogP contribution in [0.25, 0.3) is 0 Å². The lowest BCUT2D eigenvalue weighted by molar-refractivity contribution is -0.133. The van der Waals surface area contributed by atoms with Crippen molar-refractivity contribution in [3.8, 4) is 0 Å². The lowest BCUT2D eigenvalue weighted by Gasteiger charge is -2.36. The van der Waals surface area contributed by atoms with Gasteiger partial charge < -0.3 is 20.9 Å². The standard InChI is InChI=1S/C15H21ClN4O2/c16-12-1-3-13(4-2-12)19-7-9-20(10-8-19)15(22)11-18-14(21)5-6-17/h1-4H,5-11,17H2,(H,18,21). The minimum atomic E-state index is -0.185. The van der Waals surface area contributed by atoms with E-state index in [9.17, 15) is 9.59 Å². The Labute approximate surface area is 135 Å². The number of anilines is 1. The van der Waals surface area contributed by atoms with E-state index in [-0.39, 0.29) is 24.8 Å². The third-order valence-electron chi connectivity index (χ3n) is 3.63. The molecule has 0 bridgehead atoms. The van der Waals surface area contributed by atoms with Crippen LogP contribution in [0.2, 0.25) is 5.02 Å². The average molecular weight is 325 g/mol. The normalized spacial score (nSPS) is 14.8. The zero-order chi connectivity index (χ0) is 15.9. The molecule has 0 radical (unpaired) electrons. The van der Waals surface area contributed by atoms with Gasteiger partial charge in [-0.1, -0.05) is 11.6 Å². The van der Waals surface area contributed by atoms with E-state index in [0.29, 0.717) is 24.7 Å². The molecule has 3 N–H and O–H groups in total. The number of nitrogens with zero attached hydrogens (tertiary/aromatic N) is 2. The molecule has 22 heavy (non-hydrogen) atoms. The first-order valence-electron chi connectivity index (χ1n) is 7.35. The van der Waals surface area contributed by atoms with E-state index >= 15 is 0 Å². The summed E-state index contributed by atoms with van der Waals surface area (Å²) in [6.07, 6.45) is 0.248. The Morgan fingerprint density at radius 3 is 2.36 bits per heavy atom. The van der Waals surface area contributed by atoms with Gasteiger partial charge in [0.15, 0.2) is 0 Å². The Morgan fingerprint density at radius 2 is 1.77 bits per heavy atom. The molecule has 120 valence electrons. The summed E-state index contributed by atoms with van der Waals surface area (Å²) in [5.74, 6) is -0.239. The van der Waals surface area contributed by atoms with E-state index in [2.05, 4.69) is 10.2 Å². The Morgan fingerprint density at radius 1 is 1.14 bits per heavy atom. The molecule has 1 fully saturated rings. The van der Waals surface area contributed by atoms with Crippen LogP contribution in [0.4, 0.5) is 5.69 Å². The minimum absolute atomic E-state index is 0.0414. The number of carbonyl (C=O) groups is 2. The van der Waals surface area contributed by atoms with E-state index in [0.717, 1.165) is 18.8 Å². The topological polar surface area (TPSA) is 78.7 Å². The highest BCUT2D eigenvalue weighted by Gasteiger charge is 2.21. The van der Waals surface area contributed by atoms with Crippen molar-refractivity contribution in [2.45, 2.75) is 6.42 Å². The Hall–Kier alpha value is -1.79. The summed E-state index contributed by atoms with van der Waals surface area (Å²) in [7, 11) is 0. The largest absolute Gasteiger partial charge is 0.368 e. The summed E-state index contributed by atoms with van der Waals surface area (Å²) in [6, 6.07) is 7.68. The van der Waals surface area contributed by atoms with Crippen LogP contribution in [0.15, 0.2) is 24.3 Å². The number of halogens is 1. The van der Waals surface area contributed by atoms with Gasteiger partial charge in [0.25, 0.3) is 0 Å². The Kier molecular flexibility index (Phi) is 6.03. The number of amides is 2. The lowest BCUT2D eigenvalue weighted by atomic mass is 10.2. The molecule has 2 rings (SSSR count). The summed E-state index contributed by atoms with van der Waals surface area (Å²) in [5.41, 5.74) is 6.39. The van der Waals surface area contributed by atoms with Gasteiger partial charge >= 0.3 is 0 Å². The highest BCUT2D eigenvalue weighted by atomic mass is 35.5. The number of hydrogen-bond donors (Lipinski definition) is 2. The van der Waals surface area contributed by atoms with Crippen molar-refractivity contribution < 1.29 is 9.59 Å². The van der Waals surface area contributed by atoms with E-state index in [1.165, 1.54) is 0 Å². The molecule has 2 amide bonds. The van der Waals surface area contributed by atoms with Crippen molar-refractivity contribution in [1.29, 1.82) is 0 Å². The smallest absolute Gasteiger partial charge is 0.242 e. The first-order chi connectivity index (χ1) is 10.6. The fourth-order valence-electron chi connectivity index (χ4n) is 2.37. The summed E-state index contributed by atoms with van der Waals surface area (Å²) in [4.78, 5) is 27.3. The summed E-state index contributed by atoms with van der Waals surface area (Å²) in [5, 5.41) is 3.31. The SMILES string of the molecule is NCCC(=O)NCC(=O)N1CCN(c2ccc(Cl)cc2)CC1. The molecule has 1 heterocycles. The average Bonchev–Trinajstić information content (AvgIpc) is 2.54. The fraction of sp³-hybridized carbons (Fsp3) is 0.467. The summed E-state index contributed by atoms with van der Waals surface area (Å²) in [6.45, 7) is 3.16. The monoisotopic (exact) mass is 324 g/mol. The maximum Gasteiger partial charge on any atom is 0.242 e. The van der Waals surface area contributed by atoms with E-state index in [1.54, 1.807) is 4.90 Å². The molecular weight excluding hydrogens is 304 g/mol. The quantitative estimate of drug-likeness (QED) is 0.824. The maximum absolute atomic E-state index is 12.0. The first kappa shape index (κ1) is 16.6. The van der Waals surface area contributed by atoms with Gasteiger partial charge in [0.2, 0.25) is 11.8 Å². The molecule has 0 unspecified atom stereocenters. The van der Waals surface area contributed by atoms with Crippen LogP contribution in [0.3, 0.4) is 0 Å². The van der Waals surface area contributed by atoms with Gasteiger partial charge in [0, 0.05) is 49.9 Å². The van der Waals surface area contributed by atoms with Crippen LogP contribution in [-0.4, -0.2) is 56.0 Å². The highest BCUT2D eigenvalue weighted by Crippen LogP contribution is 2.19. The zero-order valence-electron chi connectivity index (χ0n) is 12.4. The number of piperazine rings is 1. The van der Waals surface area contributed by atoms with Crippen molar-refractivity contribution in [2.24, 2.45) is 5.73 Å². The van der Waals surface area contributed by atoms with Crippen LogP contribution in [-0.2, 0) is 9.59 Å². The van der Waals surface area contributed by atoms with Crippen LogP contribution in [0.1, 0.15) is 6.42 Å². The fourth-order valence-corrected chi connectivity index (χ4v) is 2.50. The molecule has 7 heteroatoms. The second-order valence-electron chi connectivity index (χ2n) is 5.16. The molecule has 0 atom stereocenters. The van der Waals surface area contributed by atoms with Crippen molar-refractivity contribution in [3.05, 3.63) is 29.3 Å². The molecule has 1 saturated heterocycles. The molecule has 1 aliphatic heterocycles. The molecule has 0 saturated carbocycles. The predicted octanol–water partition coefficient (Wildman–Crippen LogP) is 0.454. The summed E-state index contributed by atoms with van der Waals surface area (Å²) < 4.78 is 0. The van der Waals surface area contributed by atoms with Crippen LogP contribution in [0, 0.1) is 0 Å². The van der Waals surface area contributed by atoms with Gasteiger partial charge in [-0.2, -0.15) is 0 Å². The third-order valence-corrected chi connectivity index (χ3v) is 3.88. The number of nitrogens with one attached hydrogen (secondary N) is 1. The lowest BCUT2D eigenvalue weighted by Crippen LogP contribution is -2.51. The minimum Gasteiger partial charge on any atom is -0.368 e. The molecular formula is C15H21ClN4O2. The molecule has 1 aromatic rings. The molecule has 0 aliphatic carbocycles. The number of hydrogen-bond acceptors (Lipinski definition) is 4. The first-order valence-corrected chi connectivity index (χ1v) is 7.73. The second-order valence-corrected chi connectivity index (χ2v) is 5.60. The van der Waals surface area contributed by atoms with Crippen LogP contribution < -0.4 is 16.0 Å². The zero-order valence-corrected chi connectivity index (χ0v) is 13.2.